The minimum absolute atomic E-state index is 0.225. The van der Waals surface area contributed by atoms with E-state index in [9.17, 15) is 5.11 Å². The molecule has 2 nitrogen and oxygen atoms in total. The van der Waals surface area contributed by atoms with Crippen LogP contribution in [0.15, 0.2) is 156 Å². The second kappa shape index (κ2) is 9.58. The van der Waals surface area contributed by atoms with Gasteiger partial charge in [0.2, 0.25) is 0 Å². The van der Waals surface area contributed by atoms with Gasteiger partial charge in [0.25, 0.3) is 0 Å². The van der Waals surface area contributed by atoms with Gasteiger partial charge in [0.15, 0.2) is 0 Å². The predicted octanol–water partition coefficient (Wildman–Crippen LogP) is 11.8. The van der Waals surface area contributed by atoms with Crippen LogP contribution in [0, 0.1) is 0 Å². The van der Waals surface area contributed by atoms with Gasteiger partial charge in [-0.2, -0.15) is 0 Å². The Balaban J connectivity index is 1.33. The first kappa shape index (κ1) is 24.7. The zero-order valence-corrected chi connectivity index (χ0v) is 23.8. The van der Waals surface area contributed by atoms with Crippen LogP contribution in [-0.4, -0.2) is 5.11 Å². The predicted molar refractivity (Wildman–Crippen MR) is 184 cm³/mol. The smallest absolute Gasteiger partial charge is 0.139 e. The van der Waals surface area contributed by atoms with E-state index < -0.39 is 0 Å². The summed E-state index contributed by atoms with van der Waals surface area (Å²) in [7, 11) is 0. The van der Waals surface area contributed by atoms with Crippen LogP contribution in [0.1, 0.15) is 0 Å². The molecule has 0 unspecified atom stereocenters. The number of rotatable bonds is 3. The van der Waals surface area contributed by atoms with E-state index in [0.29, 0.717) is 5.58 Å². The Kier molecular flexibility index (Phi) is 5.38. The standard InChI is InChI=1S/C42H26O2/c43-37-24-29(25-39-42(37)36-20-7-8-22-38(36)44-39)41-34-18-5-3-16-32(34)40(33-17-4-6-19-35(33)41)28-14-9-13-27(23-28)31-21-10-12-26-11-1-2-15-30(26)31/h1-25,43H. The van der Waals surface area contributed by atoms with E-state index in [4.69, 9.17) is 4.42 Å². The van der Waals surface area contributed by atoms with Crippen LogP contribution in [0.4, 0.5) is 0 Å². The Morgan fingerprint density at radius 3 is 1.66 bits per heavy atom. The summed E-state index contributed by atoms with van der Waals surface area (Å²) in [5.74, 6) is 0.225. The molecule has 1 N–H and O–H groups in total. The highest BCUT2D eigenvalue weighted by Crippen LogP contribution is 2.46. The molecule has 0 aliphatic heterocycles. The van der Waals surface area contributed by atoms with Crippen LogP contribution in [0.5, 0.6) is 5.75 Å². The molecule has 0 fully saturated rings. The van der Waals surface area contributed by atoms with Gasteiger partial charge in [0, 0.05) is 5.39 Å². The summed E-state index contributed by atoms with van der Waals surface area (Å²) in [5, 5.41) is 20.1. The summed E-state index contributed by atoms with van der Waals surface area (Å²) in [6.07, 6.45) is 0. The molecule has 1 heterocycles. The summed E-state index contributed by atoms with van der Waals surface area (Å²) in [6, 6.07) is 53.0. The Morgan fingerprint density at radius 2 is 0.932 bits per heavy atom. The van der Waals surface area contributed by atoms with Crippen molar-refractivity contribution < 1.29 is 9.52 Å². The van der Waals surface area contributed by atoms with Crippen molar-refractivity contribution in [3.8, 4) is 39.1 Å². The fourth-order valence-corrected chi connectivity index (χ4v) is 7.05. The summed E-state index contributed by atoms with van der Waals surface area (Å²) in [5.41, 5.74) is 8.26. The second-order valence-corrected chi connectivity index (χ2v) is 11.4. The minimum Gasteiger partial charge on any atom is -0.507 e. The number of hydrogen-bond acceptors (Lipinski definition) is 2. The van der Waals surface area contributed by atoms with Gasteiger partial charge in [-0.1, -0.05) is 127 Å². The molecule has 0 saturated heterocycles. The zero-order valence-electron chi connectivity index (χ0n) is 23.8. The maximum absolute atomic E-state index is 11.3. The molecule has 9 aromatic rings. The third-order valence-electron chi connectivity index (χ3n) is 8.93. The van der Waals surface area contributed by atoms with Crippen molar-refractivity contribution in [3.63, 3.8) is 0 Å². The summed E-state index contributed by atoms with van der Waals surface area (Å²) < 4.78 is 6.24. The highest BCUT2D eigenvalue weighted by molar-refractivity contribution is 6.22. The molecule has 2 heteroatoms. The average Bonchev–Trinajstić information content (AvgIpc) is 3.46. The quantitative estimate of drug-likeness (QED) is 0.217. The maximum Gasteiger partial charge on any atom is 0.139 e. The molecule has 8 aromatic carbocycles. The first-order valence-corrected chi connectivity index (χ1v) is 14.9. The van der Waals surface area contributed by atoms with E-state index in [0.717, 1.165) is 38.3 Å². The van der Waals surface area contributed by atoms with Crippen molar-refractivity contribution in [1.82, 2.24) is 0 Å². The number of aromatic hydroxyl groups is 1. The van der Waals surface area contributed by atoms with Gasteiger partial charge in [0.05, 0.1) is 5.39 Å². The molecule has 0 aliphatic rings. The molecule has 0 aliphatic carbocycles. The topological polar surface area (TPSA) is 33.4 Å². The van der Waals surface area contributed by atoms with Crippen molar-refractivity contribution >= 4 is 54.3 Å². The molecule has 0 amide bonds. The minimum atomic E-state index is 0.225. The molecular weight excluding hydrogens is 536 g/mol. The summed E-state index contributed by atoms with van der Waals surface area (Å²) >= 11 is 0. The average molecular weight is 563 g/mol. The highest BCUT2D eigenvalue weighted by Gasteiger charge is 2.20. The first-order chi connectivity index (χ1) is 21.7. The Morgan fingerprint density at radius 1 is 0.386 bits per heavy atom. The lowest BCUT2D eigenvalue weighted by Crippen LogP contribution is -1.91. The van der Waals surface area contributed by atoms with Gasteiger partial charge >= 0.3 is 0 Å². The molecule has 206 valence electrons. The molecule has 1 aromatic heterocycles. The van der Waals surface area contributed by atoms with E-state index >= 15 is 0 Å². The first-order valence-electron chi connectivity index (χ1n) is 14.9. The van der Waals surface area contributed by atoms with E-state index in [1.54, 1.807) is 0 Å². The molecule has 0 bridgehead atoms. The summed E-state index contributed by atoms with van der Waals surface area (Å²) in [6.45, 7) is 0. The summed E-state index contributed by atoms with van der Waals surface area (Å²) in [4.78, 5) is 0. The monoisotopic (exact) mass is 562 g/mol. The van der Waals surface area contributed by atoms with Crippen molar-refractivity contribution in [3.05, 3.63) is 152 Å². The highest BCUT2D eigenvalue weighted by atomic mass is 16.3. The van der Waals surface area contributed by atoms with Crippen LogP contribution >= 0.6 is 0 Å². The molecule has 0 saturated carbocycles. The lowest BCUT2D eigenvalue weighted by molar-refractivity contribution is 0.482. The van der Waals surface area contributed by atoms with Crippen LogP contribution in [0.3, 0.4) is 0 Å². The molecule has 0 radical (unpaired) electrons. The van der Waals surface area contributed by atoms with Crippen molar-refractivity contribution in [2.24, 2.45) is 0 Å². The Labute approximate surface area is 254 Å². The number of para-hydroxylation sites is 1. The van der Waals surface area contributed by atoms with Crippen LogP contribution in [0.2, 0.25) is 0 Å². The lowest BCUT2D eigenvalue weighted by Gasteiger charge is -2.18. The number of benzene rings is 8. The molecule has 0 atom stereocenters. The Bertz CT molecular complexity index is 2510. The molecule has 0 spiro atoms. The number of hydrogen-bond donors (Lipinski definition) is 1. The normalized spacial score (nSPS) is 11.7. The number of fused-ring (bicyclic) bond motifs is 6. The third kappa shape index (κ3) is 3.68. The van der Waals surface area contributed by atoms with Gasteiger partial charge in [-0.3, -0.25) is 0 Å². The van der Waals surface area contributed by atoms with Crippen molar-refractivity contribution in [1.29, 1.82) is 0 Å². The van der Waals surface area contributed by atoms with Gasteiger partial charge in [-0.25, -0.2) is 0 Å². The van der Waals surface area contributed by atoms with E-state index in [1.807, 2.05) is 30.3 Å². The zero-order chi connectivity index (χ0) is 29.2. The largest absolute Gasteiger partial charge is 0.507 e. The van der Waals surface area contributed by atoms with Gasteiger partial charge in [0.1, 0.15) is 16.9 Å². The molecule has 44 heavy (non-hydrogen) atoms. The van der Waals surface area contributed by atoms with E-state index in [2.05, 4.69) is 121 Å². The number of furan rings is 1. The number of phenolic OH excluding ortho intramolecular Hbond substituents is 1. The van der Waals surface area contributed by atoms with Crippen LogP contribution in [-0.2, 0) is 0 Å². The van der Waals surface area contributed by atoms with Gasteiger partial charge in [-0.15, -0.1) is 0 Å². The van der Waals surface area contributed by atoms with E-state index in [1.165, 1.54) is 43.8 Å². The molecular formula is C42H26O2. The fraction of sp³-hybridized carbons (Fsp3) is 0. The lowest BCUT2D eigenvalue weighted by atomic mass is 9.85. The maximum atomic E-state index is 11.3. The van der Waals surface area contributed by atoms with Crippen molar-refractivity contribution in [2.75, 3.05) is 0 Å². The number of phenols is 1. The van der Waals surface area contributed by atoms with Gasteiger partial charge in [-0.05, 0) is 90.0 Å². The Hall–Kier alpha value is -5.86. The van der Waals surface area contributed by atoms with Gasteiger partial charge < -0.3 is 9.52 Å². The van der Waals surface area contributed by atoms with Crippen molar-refractivity contribution in [2.45, 2.75) is 0 Å². The third-order valence-corrected chi connectivity index (χ3v) is 8.93. The van der Waals surface area contributed by atoms with Crippen LogP contribution < -0.4 is 0 Å². The molecule has 9 rings (SSSR count). The van der Waals surface area contributed by atoms with E-state index in [-0.39, 0.29) is 5.75 Å². The fourth-order valence-electron chi connectivity index (χ4n) is 7.05. The SMILES string of the molecule is Oc1cc(-c2c3ccccc3c(-c3cccc(-c4cccc5ccccc45)c3)c3ccccc23)cc2oc3ccccc3c12. The second-order valence-electron chi connectivity index (χ2n) is 11.4. The van der Waals surface area contributed by atoms with Crippen LogP contribution in [0.25, 0.3) is 87.6 Å².